The number of nitrogens with zero attached hydrogens (tertiary/aromatic N) is 1. The summed E-state index contributed by atoms with van der Waals surface area (Å²) < 4.78 is 5.91. The highest BCUT2D eigenvalue weighted by atomic mass is 16.5. The number of fused-ring (bicyclic) bond motifs is 1. The normalized spacial score (nSPS) is 11.8. The molecule has 2 amide bonds. The Labute approximate surface area is 229 Å². The van der Waals surface area contributed by atoms with Crippen LogP contribution in [0.2, 0.25) is 0 Å². The van der Waals surface area contributed by atoms with Crippen LogP contribution in [0.25, 0.3) is 22.0 Å². The maximum Gasteiger partial charge on any atom is 0.255 e. The molecular weight excluding hydrogens is 490 g/mol. The van der Waals surface area contributed by atoms with E-state index in [4.69, 9.17) is 4.74 Å². The van der Waals surface area contributed by atoms with Crippen LogP contribution in [0.4, 0.5) is 0 Å². The van der Waals surface area contributed by atoms with E-state index in [9.17, 15) is 14.7 Å². The van der Waals surface area contributed by atoms with Crippen molar-refractivity contribution in [2.24, 2.45) is 0 Å². The summed E-state index contributed by atoms with van der Waals surface area (Å²) in [6.45, 7) is 7.48. The fourth-order valence-electron chi connectivity index (χ4n) is 4.74. The van der Waals surface area contributed by atoms with E-state index >= 15 is 0 Å². The molecule has 1 aromatic heterocycles. The van der Waals surface area contributed by atoms with Crippen molar-refractivity contribution in [3.8, 4) is 16.9 Å². The third-order valence-corrected chi connectivity index (χ3v) is 6.88. The Bertz CT molecular complexity index is 1420. The number of ether oxygens (including phenoxy) is 1. The van der Waals surface area contributed by atoms with Gasteiger partial charge in [0.25, 0.3) is 11.8 Å². The van der Waals surface area contributed by atoms with Gasteiger partial charge in [0.1, 0.15) is 5.75 Å². The molecule has 1 heterocycles. The van der Waals surface area contributed by atoms with Gasteiger partial charge in [-0.05, 0) is 73.7 Å². The van der Waals surface area contributed by atoms with Crippen LogP contribution >= 0.6 is 0 Å². The van der Waals surface area contributed by atoms with Gasteiger partial charge in [-0.3, -0.25) is 9.59 Å². The Balaban J connectivity index is 1.61. The molecule has 3 aromatic carbocycles. The Morgan fingerprint density at radius 1 is 0.974 bits per heavy atom. The Kier molecular flexibility index (Phi) is 9.39. The molecule has 0 radical (unpaired) electrons. The summed E-state index contributed by atoms with van der Waals surface area (Å²) in [4.78, 5) is 31.5. The molecule has 0 spiro atoms. The second kappa shape index (κ2) is 13.1. The predicted molar refractivity (Wildman–Crippen MR) is 155 cm³/mol. The lowest BCUT2D eigenvalue weighted by Gasteiger charge is -2.19. The molecule has 7 nitrogen and oxygen atoms in total. The first-order valence-electron chi connectivity index (χ1n) is 13.6. The van der Waals surface area contributed by atoms with Gasteiger partial charge in [0, 0.05) is 35.8 Å². The van der Waals surface area contributed by atoms with Gasteiger partial charge in [-0.1, -0.05) is 43.3 Å². The highest BCUT2D eigenvalue weighted by Gasteiger charge is 2.20. The van der Waals surface area contributed by atoms with Gasteiger partial charge in [0.15, 0.2) is 0 Å². The summed E-state index contributed by atoms with van der Waals surface area (Å²) in [7, 11) is 0. The monoisotopic (exact) mass is 527 g/mol. The van der Waals surface area contributed by atoms with E-state index in [2.05, 4.69) is 10.3 Å². The highest BCUT2D eigenvalue weighted by molar-refractivity contribution is 5.99. The van der Waals surface area contributed by atoms with Crippen LogP contribution in [-0.2, 0) is 6.42 Å². The standard InChI is InChI=1S/C32H37N3O4/c1-4-16-39-30-15-14-23(22-10-9-11-24(17-22)32(38)35(5-2)6-3)19-28(30)31(37)34-26(21-36)18-25-20-33-29-13-8-7-12-27(25)29/h7-15,17,19-20,26,33,36H,4-6,16,18,21H2,1-3H3,(H,34,37). The fraction of sp³-hybridized carbons (Fsp3) is 0.312. The predicted octanol–water partition coefficient (Wildman–Crippen LogP) is 5.44. The summed E-state index contributed by atoms with van der Waals surface area (Å²) in [5, 5.41) is 14.2. The number of amides is 2. The maximum absolute atomic E-state index is 13.5. The summed E-state index contributed by atoms with van der Waals surface area (Å²) >= 11 is 0. The number of para-hydroxylation sites is 1. The van der Waals surface area contributed by atoms with E-state index in [0.29, 0.717) is 43.0 Å². The van der Waals surface area contributed by atoms with E-state index in [1.807, 2.05) is 81.6 Å². The van der Waals surface area contributed by atoms with Gasteiger partial charge < -0.3 is 25.0 Å². The second-order valence-corrected chi connectivity index (χ2v) is 9.53. The zero-order chi connectivity index (χ0) is 27.8. The summed E-state index contributed by atoms with van der Waals surface area (Å²) in [5.74, 6) is 0.139. The number of rotatable bonds is 12. The lowest BCUT2D eigenvalue weighted by atomic mass is 9.99. The van der Waals surface area contributed by atoms with Crippen LogP contribution in [0.1, 0.15) is 53.5 Å². The van der Waals surface area contributed by atoms with E-state index in [1.165, 1.54) is 0 Å². The fourth-order valence-corrected chi connectivity index (χ4v) is 4.74. The van der Waals surface area contributed by atoms with Crippen molar-refractivity contribution < 1.29 is 19.4 Å². The molecule has 0 aliphatic heterocycles. The number of carbonyl (C=O) groups excluding carboxylic acids is 2. The number of aromatic nitrogens is 1. The number of aliphatic hydroxyl groups is 1. The number of carbonyl (C=O) groups is 2. The average Bonchev–Trinajstić information content (AvgIpc) is 3.38. The summed E-state index contributed by atoms with van der Waals surface area (Å²) in [6.07, 6.45) is 3.20. The molecule has 3 N–H and O–H groups in total. The molecular formula is C32H37N3O4. The van der Waals surface area contributed by atoms with Crippen molar-refractivity contribution in [3.05, 3.63) is 89.6 Å². The van der Waals surface area contributed by atoms with E-state index in [-0.39, 0.29) is 18.4 Å². The van der Waals surface area contributed by atoms with Gasteiger partial charge in [0.2, 0.25) is 0 Å². The Morgan fingerprint density at radius 3 is 2.49 bits per heavy atom. The minimum absolute atomic E-state index is 0.0224. The first kappa shape index (κ1) is 27.9. The molecule has 7 heteroatoms. The molecule has 4 aromatic rings. The number of aliphatic hydroxyl groups excluding tert-OH is 1. The van der Waals surface area contributed by atoms with Gasteiger partial charge in [0.05, 0.1) is 24.8 Å². The Morgan fingerprint density at radius 2 is 1.74 bits per heavy atom. The van der Waals surface area contributed by atoms with Crippen molar-refractivity contribution in [1.29, 1.82) is 0 Å². The van der Waals surface area contributed by atoms with Gasteiger partial charge in [-0.2, -0.15) is 0 Å². The van der Waals surface area contributed by atoms with Crippen LogP contribution in [-0.4, -0.2) is 59.1 Å². The molecule has 0 fully saturated rings. The number of hydrogen-bond donors (Lipinski definition) is 3. The largest absolute Gasteiger partial charge is 0.493 e. The SMILES string of the molecule is CCCOc1ccc(-c2cccc(C(=O)N(CC)CC)c2)cc1C(=O)NC(CO)Cc1c[nH]c2ccccc12. The van der Waals surface area contributed by atoms with Crippen LogP contribution in [0, 0.1) is 0 Å². The van der Waals surface area contributed by atoms with E-state index in [1.54, 1.807) is 17.0 Å². The molecule has 0 saturated carbocycles. The first-order chi connectivity index (χ1) is 19.0. The molecule has 39 heavy (non-hydrogen) atoms. The summed E-state index contributed by atoms with van der Waals surface area (Å²) in [6, 6.07) is 20.4. The first-order valence-corrected chi connectivity index (χ1v) is 13.6. The molecule has 1 unspecified atom stereocenters. The van der Waals surface area contributed by atoms with Gasteiger partial charge >= 0.3 is 0 Å². The minimum atomic E-state index is -0.477. The zero-order valence-corrected chi connectivity index (χ0v) is 22.9. The van der Waals surface area contributed by atoms with E-state index < -0.39 is 6.04 Å². The average molecular weight is 528 g/mol. The lowest BCUT2D eigenvalue weighted by Crippen LogP contribution is -2.39. The Hall–Kier alpha value is -4.10. The minimum Gasteiger partial charge on any atom is -0.493 e. The molecule has 0 aliphatic carbocycles. The lowest BCUT2D eigenvalue weighted by molar-refractivity contribution is 0.0772. The van der Waals surface area contributed by atoms with Crippen LogP contribution in [0.5, 0.6) is 5.75 Å². The molecule has 4 rings (SSSR count). The zero-order valence-electron chi connectivity index (χ0n) is 22.9. The van der Waals surface area contributed by atoms with Crippen LogP contribution in [0.15, 0.2) is 72.9 Å². The van der Waals surface area contributed by atoms with Gasteiger partial charge in [-0.25, -0.2) is 0 Å². The number of benzene rings is 3. The molecule has 0 bridgehead atoms. The van der Waals surface area contributed by atoms with Gasteiger partial charge in [-0.15, -0.1) is 0 Å². The number of nitrogens with one attached hydrogen (secondary N) is 2. The van der Waals surface area contributed by atoms with Crippen molar-refractivity contribution >= 4 is 22.7 Å². The highest BCUT2D eigenvalue weighted by Crippen LogP contribution is 2.28. The third kappa shape index (κ3) is 6.49. The van der Waals surface area contributed by atoms with Crippen molar-refractivity contribution in [1.82, 2.24) is 15.2 Å². The van der Waals surface area contributed by atoms with Crippen molar-refractivity contribution in [2.75, 3.05) is 26.3 Å². The second-order valence-electron chi connectivity index (χ2n) is 9.53. The topological polar surface area (TPSA) is 94.7 Å². The van der Waals surface area contributed by atoms with Crippen molar-refractivity contribution in [3.63, 3.8) is 0 Å². The number of hydrogen-bond acceptors (Lipinski definition) is 4. The summed E-state index contributed by atoms with van der Waals surface area (Å²) in [5.41, 5.74) is 4.67. The van der Waals surface area contributed by atoms with E-state index in [0.717, 1.165) is 34.0 Å². The van der Waals surface area contributed by atoms with Crippen LogP contribution in [0.3, 0.4) is 0 Å². The quantitative estimate of drug-likeness (QED) is 0.229. The number of H-pyrrole nitrogens is 1. The maximum atomic E-state index is 13.5. The molecule has 204 valence electrons. The third-order valence-electron chi connectivity index (χ3n) is 6.88. The molecule has 0 saturated heterocycles. The van der Waals surface area contributed by atoms with Crippen LogP contribution < -0.4 is 10.1 Å². The number of aromatic amines is 1. The molecule has 1 atom stereocenters. The molecule has 0 aliphatic rings. The smallest absolute Gasteiger partial charge is 0.255 e. The van der Waals surface area contributed by atoms with Crippen molar-refractivity contribution in [2.45, 2.75) is 39.7 Å².